The molecular weight excluding hydrogens is 264 g/mol. The van der Waals surface area contributed by atoms with E-state index in [-0.39, 0.29) is 5.76 Å². The van der Waals surface area contributed by atoms with Crippen molar-refractivity contribution in [3.63, 3.8) is 0 Å². The largest absolute Gasteiger partial charge is 0.497 e. The number of ether oxygens (including phenoxy) is 1. The Bertz CT molecular complexity index is 572. The Morgan fingerprint density at radius 1 is 1.37 bits per heavy atom. The van der Waals surface area contributed by atoms with Crippen LogP contribution >= 0.6 is 11.8 Å². The fourth-order valence-corrected chi connectivity index (χ4v) is 2.44. The number of thioether (sulfide) groups is 1. The number of hydrogen-bond donors (Lipinski definition) is 1. The molecule has 0 saturated carbocycles. The SMILES string of the molecule is COc1ccc(SCc2cc(C)c(C(=O)O)o2)cc1. The molecular formula is C14H14O4S. The highest BCUT2D eigenvalue weighted by Crippen LogP contribution is 2.26. The van der Waals surface area contributed by atoms with E-state index in [0.717, 1.165) is 10.6 Å². The first kappa shape index (κ1) is 13.5. The maximum absolute atomic E-state index is 10.9. The van der Waals surface area contributed by atoms with E-state index in [1.54, 1.807) is 31.9 Å². The van der Waals surface area contributed by atoms with Crippen molar-refractivity contribution in [2.45, 2.75) is 17.6 Å². The Balaban J connectivity index is 2.01. The van der Waals surface area contributed by atoms with Crippen LogP contribution in [-0.2, 0) is 5.75 Å². The minimum absolute atomic E-state index is 0.0188. The third-order valence-corrected chi connectivity index (χ3v) is 3.64. The van der Waals surface area contributed by atoms with Gasteiger partial charge in [-0.2, -0.15) is 0 Å². The number of carboxylic acids is 1. The summed E-state index contributed by atoms with van der Waals surface area (Å²) in [6, 6.07) is 9.45. The zero-order valence-electron chi connectivity index (χ0n) is 10.7. The number of rotatable bonds is 5. The van der Waals surface area contributed by atoms with Crippen LogP contribution in [-0.4, -0.2) is 18.2 Å². The summed E-state index contributed by atoms with van der Waals surface area (Å²) in [5, 5.41) is 8.91. The Kier molecular flexibility index (Phi) is 4.16. The molecule has 0 bridgehead atoms. The van der Waals surface area contributed by atoms with E-state index in [1.165, 1.54) is 0 Å². The minimum Gasteiger partial charge on any atom is -0.497 e. The van der Waals surface area contributed by atoms with Crippen molar-refractivity contribution in [1.82, 2.24) is 0 Å². The van der Waals surface area contributed by atoms with Crippen molar-refractivity contribution in [3.8, 4) is 5.75 Å². The average Bonchev–Trinajstić information content (AvgIpc) is 2.78. The average molecular weight is 278 g/mol. The van der Waals surface area contributed by atoms with Gasteiger partial charge in [0.05, 0.1) is 12.9 Å². The molecule has 5 heteroatoms. The van der Waals surface area contributed by atoms with Gasteiger partial charge < -0.3 is 14.3 Å². The fourth-order valence-electron chi connectivity index (χ4n) is 1.66. The first-order valence-electron chi connectivity index (χ1n) is 5.69. The highest BCUT2D eigenvalue weighted by Gasteiger charge is 2.14. The van der Waals surface area contributed by atoms with Gasteiger partial charge in [0.25, 0.3) is 0 Å². The third-order valence-electron chi connectivity index (χ3n) is 2.60. The lowest BCUT2D eigenvalue weighted by molar-refractivity contribution is 0.0659. The van der Waals surface area contributed by atoms with E-state index in [4.69, 9.17) is 14.3 Å². The second-order valence-electron chi connectivity index (χ2n) is 3.99. The highest BCUT2D eigenvalue weighted by molar-refractivity contribution is 7.98. The van der Waals surface area contributed by atoms with Crippen LogP contribution in [0.1, 0.15) is 21.9 Å². The molecule has 1 heterocycles. The molecule has 19 heavy (non-hydrogen) atoms. The molecule has 0 fully saturated rings. The first-order chi connectivity index (χ1) is 9.10. The van der Waals surface area contributed by atoms with Crippen LogP contribution in [0.4, 0.5) is 0 Å². The Morgan fingerprint density at radius 3 is 2.58 bits per heavy atom. The molecule has 0 radical (unpaired) electrons. The van der Waals surface area contributed by atoms with E-state index in [9.17, 15) is 4.79 Å². The monoisotopic (exact) mass is 278 g/mol. The molecule has 0 aliphatic carbocycles. The lowest BCUT2D eigenvalue weighted by atomic mass is 10.3. The van der Waals surface area contributed by atoms with E-state index in [0.29, 0.717) is 17.1 Å². The second kappa shape index (κ2) is 5.84. The second-order valence-corrected chi connectivity index (χ2v) is 5.04. The Morgan fingerprint density at radius 2 is 2.05 bits per heavy atom. The standard InChI is InChI=1S/C14H14O4S/c1-9-7-11(18-13(9)14(15)16)8-19-12-5-3-10(17-2)4-6-12/h3-7H,8H2,1-2H3,(H,15,16). The maximum Gasteiger partial charge on any atom is 0.372 e. The number of aryl methyl sites for hydroxylation is 1. The molecule has 100 valence electrons. The van der Waals surface area contributed by atoms with E-state index in [1.807, 2.05) is 24.3 Å². The first-order valence-corrected chi connectivity index (χ1v) is 6.68. The van der Waals surface area contributed by atoms with Gasteiger partial charge in [-0.25, -0.2) is 4.79 Å². The van der Waals surface area contributed by atoms with Crippen LogP contribution in [0.2, 0.25) is 0 Å². The van der Waals surface area contributed by atoms with Crippen molar-refractivity contribution in [3.05, 3.63) is 47.4 Å². The van der Waals surface area contributed by atoms with Crippen molar-refractivity contribution in [2.24, 2.45) is 0 Å². The van der Waals surface area contributed by atoms with Gasteiger partial charge >= 0.3 is 5.97 Å². The van der Waals surface area contributed by atoms with Gasteiger partial charge in [0, 0.05) is 10.5 Å². The summed E-state index contributed by atoms with van der Waals surface area (Å²) in [6.45, 7) is 1.73. The lowest BCUT2D eigenvalue weighted by Gasteiger charge is -2.02. The molecule has 0 amide bonds. The molecule has 4 nitrogen and oxygen atoms in total. The molecule has 1 N–H and O–H groups in total. The summed E-state index contributed by atoms with van der Waals surface area (Å²) >= 11 is 1.58. The molecule has 0 atom stereocenters. The number of benzene rings is 1. The predicted molar refractivity (Wildman–Crippen MR) is 73.0 cm³/mol. The van der Waals surface area contributed by atoms with Crippen LogP contribution in [0.15, 0.2) is 39.6 Å². The summed E-state index contributed by atoms with van der Waals surface area (Å²) in [5.41, 5.74) is 0.651. The number of furan rings is 1. The van der Waals surface area contributed by atoms with Crippen molar-refractivity contribution in [2.75, 3.05) is 7.11 Å². The molecule has 2 rings (SSSR count). The predicted octanol–water partition coefficient (Wildman–Crippen LogP) is 3.59. The van der Waals surface area contributed by atoms with Gasteiger partial charge in [-0.1, -0.05) is 0 Å². The van der Waals surface area contributed by atoms with Crippen LogP contribution < -0.4 is 4.74 Å². The number of carboxylic acid groups (broad SMARTS) is 1. The Labute approximate surface area is 115 Å². The highest BCUT2D eigenvalue weighted by atomic mass is 32.2. The Hall–Kier alpha value is -1.88. The van der Waals surface area contributed by atoms with Gasteiger partial charge in [-0.3, -0.25) is 0 Å². The quantitative estimate of drug-likeness (QED) is 0.847. The van der Waals surface area contributed by atoms with Crippen LogP contribution in [0.5, 0.6) is 5.75 Å². The van der Waals surface area contributed by atoms with Gasteiger partial charge in [-0.15, -0.1) is 11.8 Å². The van der Waals surface area contributed by atoms with Crippen LogP contribution in [0.3, 0.4) is 0 Å². The molecule has 1 aromatic heterocycles. The molecule has 0 aliphatic heterocycles. The summed E-state index contributed by atoms with van der Waals surface area (Å²) < 4.78 is 10.4. The van der Waals surface area contributed by atoms with E-state index in [2.05, 4.69) is 0 Å². The minimum atomic E-state index is -1.03. The van der Waals surface area contributed by atoms with E-state index >= 15 is 0 Å². The zero-order valence-corrected chi connectivity index (χ0v) is 11.5. The number of aromatic carboxylic acids is 1. The summed E-state index contributed by atoms with van der Waals surface area (Å²) in [6.07, 6.45) is 0. The normalized spacial score (nSPS) is 10.4. The van der Waals surface area contributed by atoms with Gasteiger partial charge in [-0.05, 0) is 37.3 Å². The third kappa shape index (κ3) is 3.32. The van der Waals surface area contributed by atoms with Gasteiger partial charge in [0.1, 0.15) is 11.5 Å². The zero-order chi connectivity index (χ0) is 13.8. The lowest BCUT2D eigenvalue weighted by Crippen LogP contribution is -1.94. The molecule has 2 aromatic rings. The smallest absolute Gasteiger partial charge is 0.372 e. The topological polar surface area (TPSA) is 59.7 Å². The number of methoxy groups -OCH3 is 1. The van der Waals surface area contributed by atoms with Gasteiger partial charge in [0.15, 0.2) is 0 Å². The van der Waals surface area contributed by atoms with Crippen LogP contribution in [0, 0.1) is 6.92 Å². The molecule has 0 unspecified atom stereocenters. The fraction of sp³-hybridized carbons (Fsp3) is 0.214. The summed E-state index contributed by atoms with van der Waals surface area (Å²) in [5.74, 6) is 1.06. The molecule has 0 aliphatic rings. The van der Waals surface area contributed by atoms with E-state index < -0.39 is 5.97 Å². The van der Waals surface area contributed by atoms with Crippen molar-refractivity contribution < 1.29 is 19.1 Å². The maximum atomic E-state index is 10.9. The van der Waals surface area contributed by atoms with Crippen LogP contribution in [0.25, 0.3) is 0 Å². The summed E-state index contributed by atoms with van der Waals surface area (Å²) in [7, 11) is 1.63. The molecule has 0 saturated heterocycles. The molecule has 0 spiro atoms. The van der Waals surface area contributed by atoms with Crippen molar-refractivity contribution in [1.29, 1.82) is 0 Å². The summed E-state index contributed by atoms with van der Waals surface area (Å²) in [4.78, 5) is 11.9. The molecule has 1 aromatic carbocycles. The number of hydrogen-bond acceptors (Lipinski definition) is 4. The van der Waals surface area contributed by atoms with Crippen molar-refractivity contribution >= 4 is 17.7 Å². The number of carbonyl (C=O) groups is 1. The van der Waals surface area contributed by atoms with Gasteiger partial charge in [0.2, 0.25) is 5.76 Å².